The van der Waals surface area contributed by atoms with E-state index in [0.29, 0.717) is 11.8 Å². The van der Waals surface area contributed by atoms with Crippen LogP contribution in [0.25, 0.3) is 50.5 Å². The number of hydrogen-bond acceptors (Lipinski definition) is 12. The summed E-state index contributed by atoms with van der Waals surface area (Å²) < 4.78 is 6.44. The molecule has 0 N–H and O–H groups in total. The van der Waals surface area contributed by atoms with Crippen LogP contribution >= 0.6 is 0 Å². The van der Waals surface area contributed by atoms with E-state index in [1.165, 1.54) is 101 Å². The molecule has 3 aromatic carbocycles. The van der Waals surface area contributed by atoms with Crippen molar-refractivity contribution in [2.75, 3.05) is 0 Å². The van der Waals surface area contributed by atoms with Gasteiger partial charge in [-0.15, -0.1) is 0 Å². The maximum atomic E-state index is 4.93. The zero-order valence-corrected chi connectivity index (χ0v) is 63.0. The normalized spacial score (nSPS) is 13.4. The minimum absolute atomic E-state index is 0.169. The van der Waals surface area contributed by atoms with Crippen LogP contribution in [0, 0.1) is 74.1 Å². The molecule has 97 heavy (non-hydrogen) atoms. The van der Waals surface area contributed by atoms with Crippen molar-refractivity contribution in [1.29, 1.82) is 0 Å². The van der Waals surface area contributed by atoms with E-state index in [-0.39, 0.29) is 22.7 Å². The Morgan fingerprint density at radius 1 is 0.371 bits per heavy atom. The molecule has 0 fully saturated rings. The number of hydrogen-bond donors (Lipinski definition) is 0. The van der Waals surface area contributed by atoms with Crippen molar-refractivity contribution in [1.82, 2.24) is 59.8 Å². The van der Waals surface area contributed by atoms with E-state index in [1.807, 2.05) is 19.0 Å². The summed E-state index contributed by atoms with van der Waals surface area (Å²) in [7, 11) is 6.24. The van der Waals surface area contributed by atoms with Crippen molar-refractivity contribution < 1.29 is 13.7 Å². The Kier molecular flexibility index (Phi) is 20.4. The fourth-order valence-corrected chi connectivity index (χ4v) is 13.2. The molecule has 0 aliphatic heterocycles. The average molecular weight is 1300 g/mol. The highest BCUT2D eigenvalue weighted by Gasteiger charge is 2.36. The van der Waals surface area contributed by atoms with Gasteiger partial charge in [0.1, 0.15) is 52.0 Å². The number of aromatic nitrogens is 15. The third-order valence-electron chi connectivity index (χ3n) is 18.7. The standard InChI is InChI=1S/2C28H36N5.C26H32N5/c1-16-13-17(2)18(3)21(14-16)23-19-11-12-20(22(19)29-15-33(23)10)24-30-25(27(4,5)6)32-26(31-24)28(7,8)9;1-16(2)11-24-30-25(12-17(3)4)32-28(31-24)22-10-9-21-26(22)29-15-33(8)27(21)23-14-18(5)13-19(6)20(23)7;1-14(2)24-28-25(15(3)4)30-26(29-24)20-10-9-19-22(20)27-13-31(8)23(19)21-12-16(5)11-17(6)18(21)7/h12-15H,11H2,1-10H3;10,13-17H,9,11-12H2,1-8H3;10-15H,9H2,1-8H3/q3*+1. The van der Waals surface area contributed by atoms with Gasteiger partial charge in [0.2, 0.25) is 0 Å². The van der Waals surface area contributed by atoms with Gasteiger partial charge in [0.05, 0.1) is 54.6 Å². The number of nitrogens with zero attached hydrogens (tertiary/aromatic N) is 15. The van der Waals surface area contributed by atoms with E-state index in [1.54, 1.807) is 0 Å². The molecule has 9 aromatic rings. The van der Waals surface area contributed by atoms with Crippen LogP contribution in [0.5, 0.6) is 0 Å². The molecular formula is C82H104N15+3. The second-order valence-corrected chi connectivity index (χ2v) is 31.0. The molecular weight excluding hydrogens is 1200 g/mol. The zero-order valence-electron chi connectivity index (χ0n) is 63.0. The van der Waals surface area contributed by atoms with Crippen LogP contribution in [-0.2, 0) is 64.1 Å². The number of fused-ring (bicyclic) bond motifs is 3. The molecule has 0 radical (unpaired) electrons. The third kappa shape index (κ3) is 15.0. The minimum atomic E-state index is -0.169. The van der Waals surface area contributed by atoms with E-state index >= 15 is 0 Å². The Morgan fingerprint density at radius 2 is 0.670 bits per heavy atom. The monoisotopic (exact) mass is 1300 g/mol. The van der Waals surface area contributed by atoms with Gasteiger partial charge < -0.3 is 0 Å². The Hall–Kier alpha value is -8.85. The summed E-state index contributed by atoms with van der Waals surface area (Å²) >= 11 is 0. The minimum Gasteiger partial charge on any atom is -0.232 e. The van der Waals surface area contributed by atoms with E-state index in [9.17, 15) is 0 Å². The summed E-state index contributed by atoms with van der Waals surface area (Å²) in [4.78, 5) is 58.2. The molecule has 0 unspecified atom stereocenters. The largest absolute Gasteiger partial charge is 0.287 e. The first kappa shape index (κ1) is 70.9. The van der Waals surface area contributed by atoms with E-state index in [4.69, 9.17) is 59.8 Å². The van der Waals surface area contributed by atoms with Gasteiger partial charge in [-0.2, -0.15) is 0 Å². The van der Waals surface area contributed by atoms with Crippen molar-refractivity contribution in [3.05, 3.63) is 210 Å². The Labute approximate surface area is 577 Å². The van der Waals surface area contributed by atoms with Crippen LogP contribution in [0.15, 0.2) is 73.6 Å². The number of rotatable bonds is 12. The molecule has 12 rings (SSSR count). The molecule has 0 amide bonds. The molecule has 15 nitrogen and oxygen atoms in total. The number of aryl methyl sites for hydroxylation is 9. The molecule has 0 atom stereocenters. The zero-order chi connectivity index (χ0) is 70.6. The maximum Gasteiger partial charge on any atom is 0.287 e. The van der Waals surface area contributed by atoms with Crippen LogP contribution in [0.2, 0.25) is 0 Å². The highest BCUT2D eigenvalue weighted by molar-refractivity contribution is 5.86. The first-order chi connectivity index (χ1) is 45.6. The van der Waals surface area contributed by atoms with Crippen molar-refractivity contribution in [3.8, 4) is 33.8 Å². The van der Waals surface area contributed by atoms with Gasteiger partial charge >= 0.3 is 0 Å². The van der Waals surface area contributed by atoms with E-state index < -0.39 is 0 Å². The van der Waals surface area contributed by atoms with Crippen molar-refractivity contribution >= 4 is 16.7 Å². The van der Waals surface area contributed by atoms with Gasteiger partial charge in [0.15, 0.2) is 34.6 Å². The SMILES string of the molecule is Cc1cc(C)c(C)c(-c2c3c(nc[n+]2C)C(c2nc(C(C)(C)C)nc(C(C)(C)C)n2)=CC3)c1.Cc1cc(C)c(C)c(-c2c3c(nc[n+]2C)C(c2nc(C(C)C)nc(C(C)C)n2)=CC3)c1.Cc1cc(C)c(C)c(-c2c3c(nc[n+]2C)C(c2nc(CC(C)C)nc(CC(C)C)n2)=CC3)c1. The van der Waals surface area contributed by atoms with Gasteiger partial charge in [-0.25, -0.2) is 58.6 Å². The summed E-state index contributed by atoms with van der Waals surface area (Å²) in [6.45, 7) is 49.9. The summed E-state index contributed by atoms with van der Waals surface area (Å²) in [6, 6.07) is 13.6. The fraction of sp³-hybridized carbons (Fsp3) is 0.451. The molecule has 6 heterocycles. The first-order valence-electron chi connectivity index (χ1n) is 34.8. The van der Waals surface area contributed by atoms with E-state index in [2.05, 4.69) is 249 Å². The quantitative estimate of drug-likeness (QED) is 0.106. The molecule has 0 bridgehead atoms. The lowest BCUT2D eigenvalue weighted by molar-refractivity contribution is -0.664. The van der Waals surface area contributed by atoms with Crippen molar-refractivity contribution in [2.45, 2.75) is 214 Å². The van der Waals surface area contributed by atoms with Crippen LogP contribution in [0.4, 0.5) is 0 Å². The van der Waals surface area contributed by atoms with Gasteiger partial charge in [-0.3, -0.25) is 0 Å². The molecule has 3 aliphatic carbocycles. The van der Waals surface area contributed by atoms with Crippen LogP contribution in [0.3, 0.4) is 0 Å². The van der Waals surface area contributed by atoms with E-state index in [0.717, 1.165) is 118 Å². The Morgan fingerprint density at radius 3 is 0.959 bits per heavy atom. The lowest BCUT2D eigenvalue weighted by Gasteiger charge is -2.22. The van der Waals surface area contributed by atoms with Crippen LogP contribution in [0.1, 0.15) is 245 Å². The second-order valence-electron chi connectivity index (χ2n) is 31.0. The Bertz CT molecular complexity index is 4570. The molecule has 0 saturated heterocycles. The second kappa shape index (κ2) is 27.9. The summed E-state index contributed by atoms with van der Waals surface area (Å²) in [6.07, 6.45) is 16.6. The maximum absolute atomic E-state index is 4.93. The summed E-state index contributed by atoms with van der Waals surface area (Å²) in [5, 5.41) is 0. The molecule has 6 aromatic heterocycles. The predicted octanol–water partition coefficient (Wildman–Crippen LogP) is 15.3. The molecule has 15 heteroatoms. The van der Waals surface area contributed by atoms with Crippen LogP contribution < -0.4 is 13.7 Å². The van der Waals surface area contributed by atoms with Crippen molar-refractivity contribution in [2.24, 2.45) is 33.0 Å². The fourth-order valence-electron chi connectivity index (χ4n) is 13.2. The van der Waals surface area contributed by atoms with Crippen molar-refractivity contribution in [3.63, 3.8) is 0 Å². The molecule has 504 valence electrons. The number of allylic oxidation sites excluding steroid dienone is 3. The summed E-state index contributed by atoms with van der Waals surface area (Å²) in [5.41, 5.74) is 28.6. The average Bonchev–Trinajstić information content (AvgIpc) is 1.68. The van der Waals surface area contributed by atoms with Gasteiger partial charge in [-0.05, 0) is 141 Å². The molecule has 0 spiro atoms. The smallest absolute Gasteiger partial charge is 0.232 e. The lowest BCUT2D eigenvalue weighted by Crippen LogP contribution is -2.33. The topological polar surface area (TPSA) is 166 Å². The lowest BCUT2D eigenvalue weighted by atomic mass is 9.92. The van der Waals surface area contributed by atoms with Gasteiger partial charge in [0, 0.05) is 71.5 Å². The van der Waals surface area contributed by atoms with Gasteiger partial charge in [0.25, 0.3) is 19.0 Å². The summed E-state index contributed by atoms with van der Waals surface area (Å²) in [5.74, 6) is 8.79. The van der Waals surface area contributed by atoms with Gasteiger partial charge in [-0.1, -0.05) is 150 Å². The van der Waals surface area contributed by atoms with Crippen LogP contribution in [-0.4, -0.2) is 59.8 Å². The Balaban J connectivity index is 0.000000158. The highest BCUT2D eigenvalue weighted by atomic mass is 15.1. The predicted molar refractivity (Wildman–Crippen MR) is 390 cm³/mol. The molecule has 3 aliphatic rings. The molecule has 0 saturated carbocycles. The first-order valence-corrected chi connectivity index (χ1v) is 34.8. The highest BCUT2D eigenvalue weighted by Crippen LogP contribution is 2.41. The number of benzene rings is 3. The third-order valence-corrected chi connectivity index (χ3v) is 18.7.